The Hall–Kier alpha value is -0.802. The summed E-state index contributed by atoms with van der Waals surface area (Å²) in [4.78, 5) is 24.3. The molecule has 1 rings (SSSR count). The van der Waals surface area contributed by atoms with Crippen molar-refractivity contribution in [1.29, 1.82) is 0 Å². The summed E-state index contributed by atoms with van der Waals surface area (Å²) >= 11 is 2.06. The molecule has 0 bridgehead atoms. The zero-order chi connectivity index (χ0) is 16.8. The minimum absolute atomic E-state index is 0.202. The molecule has 0 aromatic heterocycles. The number of esters is 1. The molecule has 0 N–H and O–H groups in total. The van der Waals surface area contributed by atoms with Gasteiger partial charge in [0.2, 0.25) is 0 Å². The molecule has 0 aliphatic carbocycles. The molecule has 0 amide bonds. The maximum atomic E-state index is 12.3. The van der Waals surface area contributed by atoms with E-state index in [2.05, 4.69) is 15.9 Å². The maximum absolute atomic E-state index is 12.3. The number of hydrogen-bond donors (Lipinski definition) is 0. The third-order valence-corrected chi connectivity index (χ3v) is 7.28. The minimum atomic E-state index is -1.35. The van der Waals surface area contributed by atoms with Gasteiger partial charge in [-0.3, -0.25) is 0 Å². The molecule has 6 heteroatoms. The number of carbonyl (C=O) groups is 2. The van der Waals surface area contributed by atoms with E-state index in [1.54, 1.807) is 0 Å². The van der Waals surface area contributed by atoms with Gasteiger partial charge in [-0.15, -0.1) is 0 Å². The predicted molar refractivity (Wildman–Crippen MR) is 91.6 cm³/mol. The van der Waals surface area contributed by atoms with Crippen LogP contribution in [-0.2, 0) is 20.9 Å². The van der Waals surface area contributed by atoms with Crippen LogP contribution in [0.5, 0.6) is 0 Å². The van der Waals surface area contributed by atoms with Gasteiger partial charge in [-0.1, -0.05) is 0 Å². The number of halogens is 1. The zero-order valence-electron chi connectivity index (χ0n) is 13.3. The molecule has 0 aliphatic rings. The van der Waals surface area contributed by atoms with E-state index in [1.165, 1.54) is 0 Å². The molecule has 122 valence electrons. The molecule has 0 saturated carbocycles. The van der Waals surface area contributed by atoms with E-state index in [-0.39, 0.29) is 11.4 Å². The van der Waals surface area contributed by atoms with Gasteiger partial charge in [0.15, 0.2) is 0 Å². The normalized spacial score (nSPS) is 14.6. The number of hydrogen-bond acceptors (Lipinski definition) is 4. The van der Waals surface area contributed by atoms with Gasteiger partial charge in [0.05, 0.1) is 0 Å². The molecule has 1 aromatic carbocycles. The molecule has 4 nitrogen and oxygen atoms in total. The zero-order valence-corrected chi connectivity index (χ0v) is 17.0. The van der Waals surface area contributed by atoms with E-state index in [1.807, 2.05) is 58.0 Å². The van der Waals surface area contributed by atoms with Gasteiger partial charge in [-0.2, -0.15) is 0 Å². The summed E-state index contributed by atoms with van der Waals surface area (Å²) < 4.78 is 9.45. The Morgan fingerprint density at radius 2 is 1.77 bits per heavy atom. The standard InChI is InChI=1S/C16H22AsBrO4/c1-5-16(18,17-14(20)22-15(2,3)4)13(19)21-11-12-9-7-6-8-10-12/h6-10,17H,5,11H2,1-4H3. The van der Waals surface area contributed by atoms with Crippen molar-refractivity contribution >= 4 is 42.4 Å². The van der Waals surface area contributed by atoms with Crippen LogP contribution in [0.2, 0.25) is 0 Å². The Balaban J connectivity index is 2.63. The Morgan fingerprint density at radius 1 is 1.18 bits per heavy atom. The summed E-state index contributed by atoms with van der Waals surface area (Å²) in [7, 11) is 0. The van der Waals surface area contributed by atoms with Crippen molar-refractivity contribution in [3.63, 3.8) is 0 Å². The first-order valence-corrected chi connectivity index (χ1v) is 9.96. The fraction of sp³-hybridized carbons (Fsp3) is 0.500. The van der Waals surface area contributed by atoms with Crippen LogP contribution in [-0.4, -0.2) is 35.2 Å². The van der Waals surface area contributed by atoms with Crippen LogP contribution in [0.3, 0.4) is 0 Å². The van der Waals surface area contributed by atoms with Gasteiger partial charge in [-0.05, 0) is 0 Å². The van der Waals surface area contributed by atoms with E-state index < -0.39 is 30.4 Å². The van der Waals surface area contributed by atoms with Crippen LogP contribution in [0.15, 0.2) is 30.3 Å². The van der Waals surface area contributed by atoms with Crippen LogP contribution in [0.1, 0.15) is 39.7 Å². The molecule has 0 spiro atoms. The summed E-state index contributed by atoms with van der Waals surface area (Å²) in [6.07, 6.45) is 0.486. The summed E-state index contributed by atoms with van der Waals surface area (Å²) in [5.74, 6) is -0.398. The molecule has 0 radical (unpaired) electrons. The Bertz CT molecular complexity index is 513. The first-order valence-electron chi connectivity index (χ1n) is 7.07. The first-order chi connectivity index (χ1) is 10.2. The van der Waals surface area contributed by atoms with Gasteiger partial charge in [0.1, 0.15) is 0 Å². The van der Waals surface area contributed by atoms with Crippen LogP contribution in [0, 0.1) is 0 Å². The second kappa shape index (κ2) is 8.16. The molecule has 2 unspecified atom stereocenters. The average molecular weight is 433 g/mol. The van der Waals surface area contributed by atoms with Crippen LogP contribution in [0.25, 0.3) is 0 Å². The number of carbonyl (C=O) groups excluding carboxylic acids is 2. The second-order valence-electron chi connectivity index (χ2n) is 5.84. The number of rotatable bonds is 6. The molecule has 0 fully saturated rings. The van der Waals surface area contributed by atoms with Crippen LogP contribution >= 0.6 is 15.9 Å². The quantitative estimate of drug-likeness (QED) is 0.391. The van der Waals surface area contributed by atoms with Crippen molar-refractivity contribution in [3.05, 3.63) is 35.9 Å². The van der Waals surface area contributed by atoms with Gasteiger partial charge in [0, 0.05) is 0 Å². The monoisotopic (exact) mass is 432 g/mol. The molecule has 2 atom stereocenters. The fourth-order valence-corrected chi connectivity index (χ4v) is 4.71. The van der Waals surface area contributed by atoms with Crippen molar-refractivity contribution in [2.75, 3.05) is 0 Å². The van der Waals surface area contributed by atoms with Crippen LogP contribution in [0.4, 0.5) is 4.79 Å². The van der Waals surface area contributed by atoms with Gasteiger partial charge in [-0.25, -0.2) is 0 Å². The van der Waals surface area contributed by atoms with E-state index in [0.717, 1.165) is 5.56 Å². The molecular formula is C16H22AsBrO4. The van der Waals surface area contributed by atoms with Gasteiger partial charge >= 0.3 is 147 Å². The number of benzene rings is 1. The van der Waals surface area contributed by atoms with Crippen molar-refractivity contribution in [3.8, 4) is 0 Å². The third-order valence-electron chi connectivity index (χ3n) is 2.72. The summed E-state index contributed by atoms with van der Waals surface area (Å²) in [5, 5.41) is 0. The van der Waals surface area contributed by atoms with E-state index in [0.29, 0.717) is 6.42 Å². The molecular weight excluding hydrogens is 411 g/mol. The van der Waals surface area contributed by atoms with E-state index in [9.17, 15) is 9.59 Å². The van der Waals surface area contributed by atoms with Crippen molar-refractivity contribution in [2.45, 2.75) is 49.4 Å². The first kappa shape index (κ1) is 19.2. The molecule has 0 heterocycles. The number of ether oxygens (including phenoxy) is 2. The predicted octanol–water partition coefficient (Wildman–Crippen LogP) is 3.60. The van der Waals surface area contributed by atoms with E-state index >= 15 is 0 Å². The van der Waals surface area contributed by atoms with Gasteiger partial charge in [0.25, 0.3) is 0 Å². The summed E-state index contributed by atoms with van der Waals surface area (Å²) in [6, 6.07) is 9.46. The topological polar surface area (TPSA) is 52.6 Å². The SMILES string of the molecule is CCC(Br)([AsH]C(=O)OC(C)(C)C)C(=O)OCc1ccccc1. The third kappa shape index (κ3) is 6.53. The number of alkyl halides is 1. The van der Waals surface area contributed by atoms with Gasteiger partial charge < -0.3 is 0 Å². The second-order valence-corrected chi connectivity index (χ2v) is 11.9. The molecule has 1 aromatic rings. The Morgan fingerprint density at radius 3 is 2.27 bits per heavy atom. The Kier molecular flexibility index (Phi) is 7.14. The molecule has 22 heavy (non-hydrogen) atoms. The fourth-order valence-electron chi connectivity index (χ4n) is 1.59. The summed E-state index contributed by atoms with van der Waals surface area (Å²) in [6.45, 7) is 7.49. The molecule has 0 saturated heterocycles. The molecule has 0 aliphatic heterocycles. The summed E-state index contributed by atoms with van der Waals surface area (Å²) in [5.41, 5.74) is 0.370. The van der Waals surface area contributed by atoms with Crippen LogP contribution < -0.4 is 0 Å². The van der Waals surface area contributed by atoms with Crippen molar-refractivity contribution in [1.82, 2.24) is 0 Å². The average Bonchev–Trinajstić information content (AvgIpc) is 2.43. The van der Waals surface area contributed by atoms with Crippen molar-refractivity contribution < 1.29 is 19.1 Å². The Labute approximate surface area is 146 Å². The van der Waals surface area contributed by atoms with E-state index in [4.69, 9.17) is 9.47 Å². The van der Waals surface area contributed by atoms with Crippen molar-refractivity contribution in [2.24, 2.45) is 0 Å².